The van der Waals surface area contributed by atoms with Gasteiger partial charge in [-0.2, -0.15) is 0 Å². The predicted octanol–water partition coefficient (Wildman–Crippen LogP) is 5.06. The fourth-order valence-corrected chi connectivity index (χ4v) is 5.70. The zero-order valence-corrected chi connectivity index (χ0v) is 20.1. The maximum atomic E-state index is 13.6. The molecule has 2 atom stereocenters. The number of hydrogen-bond acceptors (Lipinski definition) is 4. The largest absolute Gasteiger partial charge is 0.497 e. The van der Waals surface area contributed by atoms with E-state index in [4.69, 9.17) is 4.74 Å². The van der Waals surface area contributed by atoms with Gasteiger partial charge in [-0.1, -0.05) is 31.4 Å². The third-order valence-electron chi connectivity index (χ3n) is 7.53. The summed E-state index contributed by atoms with van der Waals surface area (Å²) in [6, 6.07) is 18.1. The van der Waals surface area contributed by atoms with Crippen LogP contribution in [0.4, 0.5) is 5.69 Å². The number of ether oxygens (including phenoxy) is 1. The summed E-state index contributed by atoms with van der Waals surface area (Å²) in [6.07, 6.45) is 7.06. The van der Waals surface area contributed by atoms with E-state index in [1.807, 2.05) is 54.2 Å². The molecule has 35 heavy (non-hydrogen) atoms. The summed E-state index contributed by atoms with van der Waals surface area (Å²) >= 11 is 0. The molecule has 6 nitrogen and oxygen atoms in total. The van der Waals surface area contributed by atoms with Crippen LogP contribution >= 0.6 is 0 Å². The Morgan fingerprint density at radius 1 is 0.914 bits per heavy atom. The average molecular weight is 471 g/mol. The molecule has 2 aliphatic rings. The van der Waals surface area contributed by atoms with Gasteiger partial charge in [-0.25, -0.2) is 0 Å². The second-order valence-electron chi connectivity index (χ2n) is 9.55. The van der Waals surface area contributed by atoms with Gasteiger partial charge in [0.25, 0.3) is 5.91 Å². The van der Waals surface area contributed by atoms with Crippen molar-refractivity contribution in [1.29, 1.82) is 0 Å². The monoisotopic (exact) mass is 470 g/mol. The molecule has 1 aliphatic heterocycles. The number of nitrogens with zero attached hydrogens (tertiary/aromatic N) is 2. The molecule has 2 unspecified atom stereocenters. The van der Waals surface area contributed by atoms with Gasteiger partial charge in [0.2, 0.25) is 5.78 Å². The highest BCUT2D eigenvalue weighted by atomic mass is 16.5. The highest BCUT2D eigenvalue weighted by Crippen LogP contribution is 2.41. The number of aryl methyl sites for hydroxylation is 1. The Hall–Kier alpha value is -3.67. The molecule has 1 aliphatic carbocycles. The van der Waals surface area contributed by atoms with Gasteiger partial charge in [-0.05, 0) is 72.9 Å². The Bertz CT molecular complexity index is 1240. The number of carbonyl (C=O) groups is 3. The van der Waals surface area contributed by atoms with Crippen molar-refractivity contribution in [3.8, 4) is 17.0 Å². The minimum atomic E-state index is -0.994. The van der Waals surface area contributed by atoms with Crippen molar-refractivity contribution >= 4 is 23.2 Å². The van der Waals surface area contributed by atoms with E-state index in [0.29, 0.717) is 17.0 Å². The van der Waals surface area contributed by atoms with E-state index in [0.717, 1.165) is 43.4 Å². The van der Waals surface area contributed by atoms with Crippen molar-refractivity contribution in [2.24, 2.45) is 18.9 Å². The number of anilines is 1. The molecule has 2 heterocycles. The van der Waals surface area contributed by atoms with Crippen molar-refractivity contribution in [1.82, 2.24) is 4.57 Å². The van der Waals surface area contributed by atoms with E-state index in [1.54, 1.807) is 36.3 Å². The lowest BCUT2D eigenvalue weighted by Gasteiger charge is -2.35. The first-order valence-corrected chi connectivity index (χ1v) is 12.3. The summed E-state index contributed by atoms with van der Waals surface area (Å²) in [5.41, 5.74) is 3.19. The molecule has 2 aromatic carbocycles. The Morgan fingerprint density at radius 3 is 2.20 bits per heavy atom. The molecule has 0 bridgehead atoms. The fraction of sp³-hybridized carbons (Fsp3) is 0.345. The van der Waals surface area contributed by atoms with Gasteiger partial charge >= 0.3 is 0 Å². The van der Waals surface area contributed by atoms with E-state index in [-0.39, 0.29) is 11.7 Å². The maximum Gasteiger partial charge on any atom is 0.295 e. The Morgan fingerprint density at radius 2 is 1.60 bits per heavy atom. The summed E-state index contributed by atoms with van der Waals surface area (Å²) in [7, 11) is 3.55. The lowest BCUT2D eigenvalue weighted by Crippen LogP contribution is -2.43. The van der Waals surface area contributed by atoms with Crippen LogP contribution in [0.3, 0.4) is 0 Å². The van der Waals surface area contributed by atoms with Gasteiger partial charge in [0, 0.05) is 30.2 Å². The third kappa shape index (κ3) is 4.18. The SMILES string of the molecule is COc1ccc(C(=O)C2C(=O)C(=O)N(c3ccc(-c4cccn4C)cc3)C2C2CCCCC2)cc1. The second-order valence-corrected chi connectivity index (χ2v) is 9.55. The number of methoxy groups -OCH3 is 1. The molecule has 0 spiro atoms. The van der Waals surface area contributed by atoms with Crippen molar-refractivity contribution in [3.05, 3.63) is 72.4 Å². The van der Waals surface area contributed by atoms with Crippen LogP contribution in [0.1, 0.15) is 42.5 Å². The molecule has 1 saturated heterocycles. The first-order chi connectivity index (χ1) is 17.0. The smallest absolute Gasteiger partial charge is 0.295 e. The number of ketones is 2. The van der Waals surface area contributed by atoms with Gasteiger partial charge in [0.15, 0.2) is 5.78 Å². The van der Waals surface area contributed by atoms with Crippen LogP contribution in [0.5, 0.6) is 5.75 Å². The van der Waals surface area contributed by atoms with Crippen LogP contribution in [0, 0.1) is 11.8 Å². The van der Waals surface area contributed by atoms with Gasteiger partial charge in [-0.3, -0.25) is 14.4 Å². The number of benzene rings is 2. The van der Waals surface area contributed by atoms with E-state index in [9.17, 15) is 14.4 Å². The van der Waals surface area contributed by atoms with Crippen LogP contribution in [0.25, 0.3) is 11.3 Å². The Labute approximate surface area is 205 Å². The molecule has 1 saturated carbocycles. The maximum absolute atomic E-state index is 13.6. The van der Waals surface area contributed by atoms with Crippen LogP contribution in [0.2, 0.25) is 0 Å². The molecule has 0 radical (unpaired) electrons. The number of rotatable bonds is 6. The third-order valence-corrected chi connectivity index (χ3v) is 7.53. The van der Waals surface area contributed by atoms with Gasteiger partial charge in [0.1, 0.15) is 11.7 Å². The molecular weight excluding hydrogens is 440 g/mol. The molecule has 1 amide bonds. The van der Waals surface area contributed by atoms with E-state index >= 15 is 0 Å². The Kier molecular flexibility index (Phi) is 6.29. The average Bonchev–Trinajstić information content (AvgIpc) is 3.44. The van der Waals surface area contributed by atoms with Crippen molar-refractivity contribution in [2.75, 3.05) is 12.0 Å². The lowest BCUT2D eigenvalue weighted by molar-refractivity contribution is -0.135. The second kappa shape index (κ2) is 9.53. The van der Waals surface area contributed by atoms with Crippen LogP contribution in [0.15, 0.2) is 66.9 Å². The number of aromatic nitrogens is 1. The van der Waals surface area contributed by atoms with Gasteiger partial charge in [0.05, 0.1) is 13.2 Å². The first kappa shape index (κ1) is 23.1. The van der Waals surface area contributed by atoms with E-state index in [2.05, 4.69) is 0 Å². The number of carbonyl (C=O) groups excluding carboxylic acids is 3. The van der Waals surface area contributed by atoms with Crippen LogP contribution in [-0.4, -0.2) is 35.2 Å². The number of amides is 1. The zero-order valence-electron chi connectivity index (χ0n) is 20.1. The van der Waals surface area contributed by atoms with E-state index < -0.39 is 23.7 Å². The van der Waals surface area contributed by atoms with Gasteiger partial charge in [-0.15, -0.1) is 0 Å². The predicted molar refractivity (Wildman–Crippen MR) is 135 cm³/mol. The molecular formula is C29H30N2O4. The Balaban J connectivity index is 1.52. The highest BCUT2D eigenvalue weighted by molar-refractivity contribution is 6.49. The van der Waals surface area contributed by atoms with E-state index in [1.165, 1.54) is 0 Å². The number of hydrogen-bond donors (Lipinski definition) is 0. The van der Waals surface area contributed by atoms with Crippen LogP contribution in [-0.2, 0) is 16.6 Å². The summed E-state index contributed by atoms with van der Waals surface area (Å²) in [4.78, 5) is 42.0. The van der Waals surface area contributed by atoms with Crippen molar-refractivity contribution < 1.29 is 19.1 Å². The molecule has 2 fully saturated rings. The molecule has 3 aromatic rings. The molecule has 180 valence electrons. The summed E-state index contributed by atoms with van der Waals surface area (Å²) in [5, 5.41) is 0. The highest BCUT2D eigenvalue weighted by Gasteiger charge is 2.54. The van der Waals surface area contributed by atoms with Crippen molar-refractivity contribution in [3.63, 3.8) is 0 Å². The first-order valence-electron chi connectivity index (χ1n) is 12.3. The minimum absolute atomic E-state index is 0.110. The summed E-state index contributed by atoms with van der Waals surface area (Å²) in [5.74, 6) is -1.72. The van der Waals surface area contributed by atoms with Gasteiger partial charge < -0.3 is 14.2 Å². The molecule has 6 heteroatoms. The summed E-state index contributed by atoms with van der Waals surface area (Å²) in [6.45, 7) is 0. The lowest BCUT2D eigenvalue weighted by atomic mass is 9.76. The molecule has 1 aromatic heterocycles. The molecule has 5 rings (SSSR count). The topological polar surface area (TPSA) is 68.6 Å². The number of Topliss-reactive ketones (excluding diaryl/α,β-unsaturated/α-hetero) is 2. The molecule has 0 N–H and O–H groups in total. The minimum Gasteiger partial charge on any atom is -0.497 e. The quantitative estimate of drug-likeness (QED) is 0.287. The fourth-order valence-electron chi connectivity index (χ4n) is 5.70. The van der Waals surface area contributed by atoms with Crippen molar-refractivity contribution in [2.45, 2.75) is 38.1 Å². The standard InChI is InChI=1S/C29H30N2O4/c1-30-18-6-9-24(30)19-10-14-22(15-11-19)31-26(20-7-4-3-5-8-20)25(28(33)29(31)34)27(32)21-12-16-23(35-2)17-13-21/h6,9-18,20,25-26H,3-5,7-8H2,1-2H3. The normalized spacial score (nSPS) is 20.9. The summed E-state index contributed by atoms with van der Waals surface area (Å²) < 4.78 is 7.24. The zero-order chi connectivity index (χ0) is 24.5. The van der Waals surface area contributed by atoms with Crippen LogP contribution < -0.4 is 9.64 Å².